The van der Waals surface area contributed by atoms with Gasteiger partial charge in [-0.2, -0.15) is 4.98 Å². The van der Waals surface area contributed by atoms with Crippen LogP contribution >= 0.6 is 0 Å². The Labute approximate surface area is 174 Å². The summed E-state index contributed by atoms with van der Waals surface area (Å²) in [5, 5.41) is 10.2. The van der Waals surface area contributed by atoms with Gasteiger partial charge in [0.15, 0.2) is 0 Å². The highest BCUT2D eigenvalue weighted by molar-refractivity contribution is 5.91. The van der Waals surface area contributed by atoms with Crippen LogP contribution in [0.3, 0.4) is 0 Å². The highest BCUT2D eigenvalue weighted by Gasteiger charge is 2.46. The monoisotopic (exact) mass is 404 g/mol. The lowest BCUT2D eigenvalue weighted by atomic mass is 9.61. The van der Waals surface area contributed by atoms with Gasteiger partial charge in [-0.1, -0.05) is 36.9 Å². The lowest BCUT2D eigenvalue weighted by Gasteiger charge is -2.48. The molecule has 3 aromatic rings. The molecular weight excluding hydrogens is 380 g/mol. The standard InChI is InChI=1S/C22H24N6O2/c1-4-18(29)23-13-22(16-8-6-5-7-9-16)11-17(12-22)25-20(30)19-26-21-24-14(2)10-15(3)28(21)27-19/h4-10,17H,1,11-13H2,2-3H3,(H,23,29)(H,25,30). The molecule has 8 nitrogen and oxygen atoms in total. The minimum absolute atomic E-state index is 0.0271. The third kappa shape index (κ3) is 3.68. The van der Waals surface area contributed by atoms with Crippen molar-refractivity contribution in [1.29, 1.82) is 0 Å². The van der Waals surface area contributed by atoms with Crippen molar-refractivity contribution in [3.63, 3.8) is 0 Å². The highest BCUT2D eigenvalue weighted by Crippen LogP contribution is 2.43. The van der Waals surface area contributed by atoms with E-state index < -0.39 is 0 Å². The van der Waals surface area contributed by atoms with E-state index in [1.807, 2.05) is 38.1 Å². The number of benzene rings is 1. The maximum atomic E-state index is 12.7. The van der Waals surface area contributed by atoms with E-state index in [9.17, 15) is 9.59 Å². The Morgan fingerprint density at radius 2 is 1.97 bits per heavy atom. The van der Waals surface area contributed by atoms with Crippen molar-refractivity contribution in [3.8, 4) is 0 Å². The number of rotatable bonds is 6. The molecule has 1 saturated carbocycles. The predicted octanol–water partition coefficient (Wildman–Crippen LogP) is 1.87. The summed E-state index contributed by atoms with van der Waals surface area (Å²) in [6.07, 6.45) is 2.69. The maximum absolute atomic E-state index is 12.7. The summed E-state index contributed by atoms with van der Waals surface area (Å²) in [7, 11) is 0. The van der Waals surface area contributed by atoms with Crippen molar-refractivity contribution in [2.24, 2.45) is 0 Å². The summed E-state index contributed by atoms with van der Waals surface area (Å²) >= 11 is 0. The third-order valence-electron chi connectivity index (χ3n) is 5.60. The Morgan fingerprint density at radius 3 is 2.67 bits per heavy atom. The molecule has 2 heterocycles. The molecular formula is C22H24N6O2. The molecule has 154 valence electrons. The van der Waals surface area contributed by atoms with Crippen LogP contribution in [0.1, 0.15) is 40.4 Å². The quantitative estimate of drug-likeness (QED) is 0.611. The molecule has 2 amide bonds. The number of fused-ring (bicyclic) bond motifs is 1. The zero-order valence-corrected chi connectivity index (χ0v) is 17.1. The van der Waals surface area contributed by atoms with E-state index in [0.717, 1.165) is 17.0 Å². The van der Waals surface area contributed by atoms with E-state index in [4.69, 9.17) is 0 Å². The van der Waals surface area contributed by atoms with Gasteiger partial charge in [0.25, 0.3) is 11.7 Å². The van der Waals surface area contributed by atoms with Gasteiger partial charge in [0.1, 0.15) is 0 Å². The fourth-order valence-corrected chi connectivity index (χ4v) is 4.10. The summed E-state index contributed by atoms with van der Waals surface area (Å²) in [6.45, 7) is 7.77. The van der Waals surface area contributed by atoms with Crippen molar-refractivity contribution in [2.45, 2.75) is 38.1 Å². The van der Waals surface area contributed by atoms with Crippen LogP contribution in [0.5, 0.6) is 0 Å². The van der Waals surface area contributed by atoms with Gasteiger partial charge in [0.05, 0.1) is 0 Å². The van der Waals surface area contributed by atoms with Crippen molar-refractivity contribution < 1.29 is 9.59 Å². The number of amides is 2. The van der Waals surface area contributed by atoms with Crippen molar-refractivity contribution in [1.82, 2.24) is 30.2 Å². The molecule has 0 unspecified atom stereocenters. The fraction of sp³-hybridized carbons (Fsp3) is 0.318. The third-order valence-corrected chi connectivity index (χ3v) is 5.60. The number of aryl methyl sites for hydroxylation is 2. The topological polar surface area (TPSA) is 101 Å². The Kier molecular flexibility index (Phi) is 5.07. The number of hydrogen-bond donors (Lipinski definition) is 2. The molecule has 2 aromatic heterocycles. The van der Waals surface area contributed by atoms with E-state index in [2.05, 4.69) is 44.4 Å². The van der Waals surface area contributed by atoms with Gasteiger partial charge in [-0.05, 0) is 44.4 Å². The second-order valence-corrected chi connectivity index (χ2v) is 7.83. The van der Waals surface area contributed by atoms with Crippen molar-refractivity contribution in [2.75, 3.05) is 6.54 Å². The lowest BCUT2D eigenvalue weighted by Crippen LogP contribution is -2.57. The van der Waals surface area contributed by atoms with Crippen LogP contribution in [0.4, 0.5) is 0 Å². The van der Waals surface area contributed by atoms with E-state index in [1.165, 1.54) is 6.08 Å². The largest absolute Gasteiger partial charge is 0.352 e. The smallest absolute Gasteiger partial charge is 0.291 e. The van der Waals surface area contributed by atoms with Gasteiger partial charge in [-0.3, -0.25) is 9.59 Å². The average molecular weight is 404 g/mol. The van der Waals surface area contributed by atoms with Gasteiger partial charge in [-0.15, -0.1) is 5.10 Å². The summed E-state index contributed by atoms with van der Waals surface area (Å²) < 4.78 is 1.57. The first-order valence-corrected chi connectivity index (χ1v) is 9.88. The Morgan fingerprint density at radius 1 is 1.23 bits per heavy atom. The van der Waals surface area contributed by atoms with E-state index in [1.54, 1.807) is 4.52 Å². The number of aromatic nitrogens is 4. The van der Waals surface area contributed by atoms with Gasteiger partial charge in [0, 0.05) is 29.4 Å². The highest BCUT2D eigenvalue weighted by atomic mass is 16.2. The molecule has 0 bridgehead atoms. The molecule has 1 aliphatic carbocycles. The molecule has 30 heavy (non-hydrogen) atoms. The summed E-state index contributed by atoms with van der Waals surface area (Å²) in [4.78, 5) is 33.0. The van der Waals surface area contributed by atoms with Crippen LogP contribution in [-0.2, 0) is 10.2 Å². The molecule has 1 aliphatic rings. The summed E-state index contributed by atoms with van der Waals surface area (Å²) in [5.41, 5.74) is 2.61. The molecule has 0 spiro atoms. The Balaban J connectivity index is 1.47. The molecule has 1 fully saturated rings. The molecule has 0 radical (unpaired) electrons. The van der Waals surface area contributed by atoms with Gasteiger partial charge < -0.3 is 10.6 Å². The maximum Gasteiger partial charge on any atom is 0.291 e. The number of nitrogens with zero attached hydrogens (tertiary/aromatic N) is 4. The van der Waals surface area contributed by atoms with Gasteiger partial charge >= 0.3 is 0 Å². The fourth-order valence-electron chi connectivity index (χ4n) is 4.10. The Hall–Kier alpha value is -3.55. The average Bonchev–Trinajstić information content (AvgIpc) is 3.14. The molecule has 1 aromatic carbocycles. The van der Waals surface area contributed by atoms with E-state index in [0.29, 0.717) is 25.2 Å². The second-order valence-electron chi connectivity index (χ2n) is 7.83. The first kappa shape index (κ1) is 19.8. The van der Waals surface area contributed by atoms with Crippen LogP contribution in [-0.4, -0.2) is 44.0 Å². The van der Waals surface area contributed by atoms with Gasteiger partial charge in [-0.25, -0.2) is 9.50 Å². The van der Waals surface area contributed by atoms with Crippen LogP contribution in [0, 0.1) is 13.8 Å². The molecule has 0 atom stereocenters. The van der Waals surface area contributed by atoms with Crippen molar-refractivity contribution >= 4 is 17.6 Å². The van der Waals surface area contributed by atoms with Crippen molar-refractivity contribution in [3.05, 3.63) is 71.8 Å². The summed E-state index contributed by atoms with van der Waals surface area (Å²) in [5.74, 6) is -0.00500. The predicted molar refractivity (Wildman–Crippen MR) is 112 cm³/mol. The molecule has 0 aliphatic heterocycles. The number of hydrogen-bond acceptors (Lipinski definition) is 5. The lowest BCUT2D eigenvalue weighted by molar-refractivity contribution is -0.117. The van der Waals surface area contributed by atoms with Crippen LogP contribution in [0.2, 0.25) is 0 Å². The van der Waals surface area contributed by atoms with Crippen LogP contribution in [0.15, 0.2) is 49.1 Å². The Bertz CT molecular complexity index is 1120. The summed E-state index contributed by atoms with van der Waals surface area (Å²) in [6, 6.07) is 11.9. The number of carbonyl (C=O) groups excluding carboxylic acids is 2. The first-order chi connectivity index (χ1) is 14.4. The zero-order valence-electron chi connectivity index (χ0n) is 17.1. The minimum Gasteiger partial charge on any atom is -0.352 e. The molecule has 4 rings (SSSR count). The number of carbonyl (C=O) groups is 2. The van der Waals surface area contributed by atoms with E-state index in [-0.39, 0.29) is 29.1 Å². The molecule has 2 N–H and O–H groups in total. The van der Waals surface area contributed by atoms with Gasteiger partial charge in [0.2, 0.25) is 11.7 Å². The normalized spacial score (nSPS) is 20.4. The van der Waals surface area contributed by atoms with E-state index >= 15 is 0 Å². The zero-order chi connectivity index (χ0) is 21.3. The molecule has 0 saturated heterocycles. The second kappa shape index (κ2) is 7.70. The SMILES string of the molecule is C=CC(=O)NCC1(c2ccccc2)CC(NC(=O)c2nc3nc(C)cc(C)n3n2)C1. The van der Waals surface area contributed by atoms with Crippen LogP contribution < -0.4 is 10.6 Å². The molecule has 8 heteroatoms. The first-order valence-electron chi connectivity index (χ1n) is 9.88. The minimum atomic E-state index is -0.320. The number of nitrogens with one attached hydrogen (secondary N) is 2. The van der Waals surface area contributed by atoms with Crippen LogP contribution in [0.25, 0.3) is 5.78 Å².